The fraction of sp³-hybridized carbons (Fsp3) is 0.176. The molecule has 1 aliphatic heterocycles. The number of amidine groups is 1. The molecule has 1 aliphatic rings. The number of rotatable bonds is 6. The van der Waals surface area contributed by atoms with E-state index in [2.05, 4.69) is 15.0 Å². The number of fused-ring (bicyclic) bond motifs is 1. The minimum Gasteiger partial charge on any atom is -0.454 e. The van der Waals surface area contributed by atoms with E-state index in [9.17, 15) is 22.8 Å². The highest BCUT2D eigenvalue weighted by molar-refractivity contribution is 7.90. The molecule has 0 saturated heterocycles. The maximum Gasteiger partial charge on any atom is 0.331 e. The molecule has 12 heteroatoms. The van der Waals surface area contributed by atoms with Crippen molar-refractivity contribution in [2.24, 2.45) is 10.7 Å². The molecule has 1 aromatic carbocycles. The number of carbonyl (C=O) groups is 3. The summed E-state index contributed by atoms with van der Waals surface area (Å²) in [6, 6.07) is 6.62. The lowest BCUT2D eigenvalue weighted by Gasteiger charge is -2.09. The molecule has 29 heavy (non-hydrogen) atoms. The summed E-state index contributed by atoms with van der Waals surface area (Å²) in [6.07, 6.45) is 0. The van der Waals surface area contributed by atoms with Crippen molar-refractivity contribution in [2.75, 3.05) is 11.9 Å². The molecule has 1 aromatic heterocycles. The Morgan fingerprint density at radius 3 is 2.72 bits per heavy atom. The maximum absolute atomic E-state index is 12.1. The van der Waals surface area contributed by atoms with Crippen LogP contribution in [0.2, 0.25) is 0 Å². The number of carbonyl (C=O) groups excluding carboxylic acids is 3. The van der Waals surface area contributed by atoms with Crippen LogP contribution in [0.3, 0.4) is 0 Å². The highest BCUT2D eigenvalue weighted by atomic mass is 32.2. The van der Waals surface area contributed by atoms with Gasteiger partial charge in [0.05, 0.1) is 10.5 Å². The van der Waals surface area contributed by atoms with E-state index in [1.54, 1.807) is 23.6 Å². The van der Waals surface area contributed by atoms with Gasteiger partial charge in [-0.15, -0.1) is 11.3 Å². The van der Waals surface area contributed by atoms with Gasteiger partial charge >= 0.3 is 5.97 Å². The van der Waals surface area contributed by atoms with Gasteiger partial charge in [-0.3, -0.25) is 19.3 Å². The summed E-state index contributed by atoms with van der Waals surface area (Å²) in [7, 11) is -3.73. The van der Waals surface area contributed by atoms with E-state index in [0.717, 1.165) is 11.3 Å². The zero-order valence-corrected chi connectivity index (χ0v) is 16.7. The van der Waals surface area contributed by atoms with Crippen LogP contribution >= 0.6 is 11.3 Å². The molecule has 1 atom stereocenters. The SMILES string of the molecule is C[C@H](N=C1NS(=O)(=O)c2ccccc21)C(=O)OCC(=O)Nc1sccc1C(N)=O. The summed E-state index contributed by atoms with van der Waals surface area (Å²) in [5.74, 6) is -2.14. The molecule has 10 nitrogen and oxygen atoms in total. The number of primary amides is 1. The number of amides is 2. The quantitative estimate of drug-likeness (QED) is 0.558. The first-order valence-electron chi connectivity index (χ1n) is 8.23. The first-order chi connectivity index (χ1) is 13.7. The van der Waals surface area contributed by atoms with Gasteiger partial charge in [-0.05, 0) is 30.5 Å². The number of sulfonamides is 1. The third kappa shape index (κ3) is 4.43. The summed E-state index contributed by atoms with van der Waals surface area (Å²) in [6.45, 7) is 0.805. The van der Waals surface area contributed by atoms with Gasteiger partial charge in [0.15, 0.2) is 6.61 Å². The van der Waals surface area contributed by atoms with Gasteiger partial charge in [-0.1, -0.05) is 12.1 Å². The largest absolute Gasteiger partial charge is 0.454 e. The second-order valence-electron chi connectivity index (χ2n) is 5.94. The Hall–Kier alpha value is -3.25. The van der Waals surface area contributed by atoms with Crippen LogP contribution in [-0.4, -0.2) is 44.7 Å². The zero-order valence-electron chi connectivity index (χ0n) is 15.0. The van der Waals surface area contributed by atoms with Crippen LogP contribution in [0.25, 0.3) is 0 Å². The number of nitrogens with zero attached hydrogens (tertiary/aromatic N) is 1. The topological polar surface area (TPSA) is 157 Å². The van der Waals surface area contributed by atoms with Crippen molar-refractivity contribution in [3.8, 4) is 0 Å². The van der Waals surface area contributed by atoms with Crippen molar-refractivity contribution in [1.82, 2.24) is 4.72 Å². The Balaban J connectivity index is 1.62. The van der Waals surface area contributed by atoms with Gasteiger partial charge in [-0.2, -0.15) is 0 Å². The first-order valence-corrected chi connectivity index (χ1v) is 10.6. The van der Waals surface area contributed by atoms with E-state index in [0.29, 0.717) is 5.56 Å². The second kappa shape index (κ2) is 8.01. The predicted molar refractivity (Wildman–Crippen MR) is 105 cm³/mol. The van der Waals surface area contributed by atoms with E-state index in [1.165, 1.54) is 19.1 Å². The minimum absolute atomic E-state index is 0.0270. The minimum atomic E-state index is -3.73. The van der Waals surface area contributed by atoms with Crippen molar-refractivity contribution >= 4 is 50.0 Å². The van der Waals surface area contributed by atoms with E-state index in [4.69, 9.17) is 10.5 Å². The summed E-state index contributed by atoms with van der Waals surface area (Å²) < 4.78 is 31.3. The van der Waals surface area contributed by atoms with Crippen molar-refractivity contribution in [2.45, 2.75) is 17.9 Å². The van der Waals surface area contributed by atoms with Gasteiger partial charge in [0.2, 0.25) is 0 Å². The van der Waals surface area contributed by atoms with Crippen LogP contribution < -0.4 is 15.8 Å². The number of nitrogens with one attached hydrogen (secondary N) is 2. The van der Waals surface area contributed by atoms with Crippen molar-refractivity contribution in [1.29, 1.82) is 0 Å². The van der Waals surface area contributed by atoms with Crippen molar-refractivity contribution in [3.63, 3.8) is 0 Å². The average Bonchev–Trinajstić information content (AvgIpc) is 3.22. The fourth-order valence-electron chi connectivity index (χ4n) is 2.50. The lowest BCUT2D eigenvalue weighted by molar-refractivity contribution is -0.148. The molecule has 152 valence electrons. The van der Waals surface area contributed by atoms with Crippen LogP contribution in [-0.2, 0) is 24.3 Å². The second-order valence-corrected chi connectivity index (χ2v) is 8.51. The highest BCUT2D eigenvalue weighted by Crippen LogP contribution is 2.23. The molecule has 3 rings (SSSR count). The first kappa shape index (κ1) is 20.5. The fourth-order valence-corrected chi connectivity index (χ4v) is 4.54. The monoisotopic (exact) mass is 436 g/mol. The number of hydrogen-bond acceptors (Lipinski definition) is 8. The molecule has 2 aromatic rings. The van der Waals surface area contributed by atoms with Crippen LogP contribution in [0, 0.1) is 0 Å². The zero-order chi connectivity index (χ0) is 21.2. The highest BCUT2D eigenvalue weighted by Gasteiger charge is 2.31. The molecule has 0 saturated carbocycles. The Labute approximate surface area is 169 Å². The number of nitrogens with two attached hydrogens (primary N) is 1. The van der Waals surface area contributed by atoms with Crippen LogP contribution in [0.1, 0.15) is 22.8 Å². The van der Waals surface area contributed by atoms with Gasteiger partial charge in [0.1, 0.15) is 16.9 Å². The molecule has 0 unspecified atom stereocenters. The Kier molecular flexibility index (Phi) is 5.66. The molecule has 2 amide bonds. The summed E-state index contributed by atoms with van der Waals surface area (Å²) in [5, 5.41) is 4.27. The molecule has 0 spiro atoms. The number of thiophene rings is 1. The Morgan fingerprint density at radius 2 is 2.00 bits per heavy atom. The molecule has 0 fully saturated rings. The maximum atomic E-state index is 12.1. The van der Waals surface area contributed by atoms with Gasteiger partial charge < -0.3 is 15.8 Å². The van der Waals surface area contributed by atoms with E-state index >= 15 is 0 Å². The number of anilines is 1. The lowest BCUT2D eigenvalue weighted by Crippen LogP contribution is -2.29. The van der Waals surface area contributed by atoms with E-state index in [1.807, 2.05) is 0 Å². The summed E-state index contributed by atoms with van der Waals surface area (Å²) in [4.78, 5) is 39.5. The normalized spacial score (nSPS) is 16.5. The summed E-state index contributed by atoms with van der Waals surface area (Å²) >= 11 is 1.10. The Bertz CT molecular complexity index is 1120. The third-order valence-electron chi connectivity index (χ3n) is 3.86. The van der Waals surface area contributed by atoms with Gasteiger partial charge in [0, 0.05) is 5.56 Å². The number of hydrogen-bond donors (Lipinski definition) is 3. The molecule has 0 radical (unpaired) electrons. The average molecular weight is 436 g/mol. The number of aliphatic imine (C=N–C) groups is 1. The smallest absolute Gasteiger partial charge is 0.331 e. The molecule has 2 heterocycles. The Morgan fingerprint density at radius 1 is 1.28 bits per heavy atom. The van der Waals surface area contributed by atoms with Gasteiger partial charge in [-0.25, -0.2) is 13.2 Å². The molecule has 4 N–H and O–H groups in total. The van der Waals surface area contributed by atoms with E-state index in [-0.39, 0.29) is 21.3 Å². The molecular formula is C17H16N4O6S2. The molecule has 0 bridgehead atoms. The number of esters is 1. The predicted octanol–water partition coefficient (Wildman–Crippen LogP) is 0.456. The lowest BCUT2D eigenvalue weighted by atomic mass is 10.2. The van der Waals surface area contributed by atoms with Crippen LogP contribution in [0.5, 0.6) is 0 Å². The number of benzene rings is 1. The van der Waals surface area contributed by atoms with Crippen LogP contribution in [0.4, 0.5) is 5.00 Å². The van der Waals surface area contributed by atoms with E-state index < -0.39 is 40.5 Å². The molecular weight excluding hydrogens is 420 g/mol. The standard InChI is InChI=1S/C17H16N4O6S2/c1-9(19-15-10-4-2-3-5-12(10)29(25,26)21-15)17(24)27-8-13(22)20-16-11(14(18)23)6-7-28-16/h2-7,9H,8H2,1H3,(H2,18,23)(H,19,21)(H,20,22)/t9-/m0/s1. The van der Waals surface area contributed by atoms with Crippen molar-refractivity contribution < 1.29 is 27.5 Å². The van der Waals surface area contributed by atoms with Crippen LogP contribution in [0.15, 0.2) is 45.6 Å². The molecule has 0 aliphatic carbocycles. The van der Waals surface area contributed by atoms with Gasteiger partial charge in [0.25, 0.3) is 21.8 Å². The third-order valence-corrected chi connectivity index (χ3v) is 6.08. The van der Waals surface area contributed by atoms with Crippen molar-refractivity contribution in [3.05, 3.63) is 46.8 Å². The summed E-state index contributed by atoms with van der Waals surface area (Å²) in [5.41, 5.74) is 5.70. The number of ether oxygens (including phenoxy) is 1.